The van der Waals surface area contributed by atoms with Gasteiger partial charge in [0, 0.05) is 34.9 Å². The van der Waals surface area contributed by atoms with Crippen LogP contribution in [0.3, 0.4) is 0 Å². The number of amides is 1. The van der Waals surface area contributed by atoms with Crippen LogP contribution in [-0.2, 0) is 4.79 Å². The Kier molecular flexibility index (Phi) is 5.25. The van der Waals surface area contributed by atoms with E-state index in [0.717, 1.165) is 15.7 Å². The fourth-order valence-electron chi connectivity index (χ4n) is 2.48. The third-order valence-electron chi connectivity index (χ3n) is 3.68. The summed E-state index contributed by atoms with van der Waals surface area (Å²) in [6.07, 6.45) is 0.379. The monoisotopic (exact) mass is 390 g/mol. The van der Waals surface area contributed by atoms with E-state index in [2.05, 4.69) is 26.6 Å². The molecule has 0 saturated heterocycles. The molecule has 1 heterocycles. The largest absolute Gasteiger partial charge is 0.486 e. The minimum atomic E-state index is -0.0473. The van der Waals surface area contributed by atoms with E-state index < -0.39 is 0 Å². The van der Waals surface area contributed by atoms with Crippen molar-refractivity contribution >= 4 is 33.2 Å². The molecule has 126 valence electrons. The number of carbonyl (C=O) groups excluding carboxylic acids is 1. The van der Waals surface area contributed by atoms with Crippen LogP contribution in [0.4, 0.5) is 11.4 Å². The lowest BCUT2D eigenvalue weighted by molar-refractivity contribution is -0.115. The third-order valence-corrected chi connectivity index (χ3v) is 4.18. The first kappa shape index (κ1) is 16.6. The van der Waals surface area contributed by atoms with Gasteiger partial charge in [0.05, 0.1) is 0 Å². The minimum Gasteiger partial charge on any atom is -0.486 e. The van der Waals surface area contributed by atoms with Gasteiger partial charge in [-0.15, -0.1) is 0 Å². The highest BCUT2D eigenvalue weighted by molar-refractivity contribution is 9.10. The number of nitrogens with one attached hydrogen (secondary N) is 2. The van der Waals surface area contributed by atoms with Crippen LogP contribution in [0.25, 0.3) is 0 Å². The molecule has 3 rings (SSSR count). The number of carbonyl (C=O) groups is 1. The van der Waals surface area contributed by atoms with Crippen molar-refractivity contribution in [1.82, 2.24) is 0 Å². The van der Waals surface area contributed by atoms with Gasteiger partial charge in [0.15, 0.2) is 11.5 Å². The maximum atomic E-state index is 12.1. The molecule has 2 N–H and O–H groups in total. The second-order valence-electron chi connectivity index (χ2n) is 5.54. The molecular formula is C18H19BrN2O3. The zero-order chi connectivity index (χ0) is 16.9. The van der Waals surface area contributed by atoms with Crippen LogP contribution in [0, 0.1) is 6.92 Å². The number of hydrogen-bond acceptors (Lipinski definition) is 4. The summed E-state index contributed by atoms with van der Waals surface area (Å²) >= 11 is 3.44. The van der Waals surface area contributed by atoms with Gasteiger partial charge in [-0.1, -0.05) is 15.9 Å². The Balaban J connectivity index is 1.50. The third kappa shape index (κ3) is 4.20. The maximum Gasteiger partial charge on any atom is 0.226 e. The summed E-state index contributed by atoms with van der Waals surface area (Å²) in [6.45, 7) is 3.68. The molecule has 1 aliphatic heterocycles. The molecule has 1 aliphatic rings. The average Bonchev–Trinajstić information content (AvgIpc) is 2.57. The summed E-state index contributed by atoms with van der Waals surface area (Å²) in [7, 11) is 0. The Morgan fingerprint density at radius 2 is 1.92 bits per heavy atom. The van der Waals surface area contributed by atoms with E-state index >= 15 is 0 Å². The molecule has 0 aromatic heterocycles. The highest BCUT2D eigenvalue weighted by Crippen LogP contribution is 2.32. The van der Waals surface area contributed by atoms with Crippen LogP contribution >= 0.6 is 15.9 Å². The normalized spacial score (nSPS) is 12.6. The molecule has 6 heteroatoms. The van der Waals surface area contributed by atoms with Gasteiger partial charge in [-0.25, -0.2) is 0 Å². The standard InChI is InChI=1S/C18H19BrN2O3/c1-12-10-13(19)2-4-15(12)20-7-6-18(22)21-14-3-5-16-17(11-14)24-9-8-23-16/h2-5,10-11,20H,6-9H2,1H3,(H,21,22). The van der Waals surface area contributed by atoms with Crippen molar-refractivity contribution in [3.63, 3.8) is 0 Å². The summed E-state index contributed by atoms with van der Waals surface area (Å²) in [4.78, 5) is 12.1. The molecule has 0 fully saturated rings. The van der Waals surface area contributed by atoms with Crippen molar-refractivity contribution in [1.29, 1.82) is 0 Å². The number of rotatable bonds is 5. The van der Waals surface area contributed by atoms with Crippen molar-refractivity contribution in [3.05, 3.63) is 46.4 Å². The zero-order valence-electron chi connectivity index (χ0n) is 13.4. The molecule has 0 atom stereocenters. The van der Waals surface area contributed by atoms with Crippen LogP contribution < -0.4 is 20.1 Å². The Bertz CT molecular complexity index is 749. The van der Waals surface area contributed by atoms with E-state index in [9.17, 15) is 4.79 Å². The van der Waals surface area contributed by atoms with Gasteiger partial charge >= 0.3 is 0 Å². The molecule has 0 radical (unpaired) electrons. The number of halogens is 1. The molecule has 0 saturated carbocycles. The molecule has 5 nitrogen and oxygen atoms in total. The van der Waals surface area contributed by atoms with Crippen LogP contribution in [0.5, 0.6) is 11.5 Å². The molecule has 2 aromatic rings. The van der Waals surface area contributed by atoms with Crippen LogP contribution in [0.2, 0.25) is 0 Å². The molecule has 0 spiro atoms. The molecule has 24 heavy (non-hydrogen) atoms. The highest BCUT2D eigenvalue weighted by Gasteiger charge is 2.12. The summed E-state index contributed by atoms with van der Waals surface area (Å²) in [6, 6.07) is 11.4. The summed E-state index contributed by atoms with van der Waals surface area (Å²) < 4.78 is 12.0. The maximum absolute atomic E-state index is 12.1. The van der Waals surface area contributed by atoms with Gasteiger partial charge in [-0.05, 0) is 42.8 Å². The van der Waals surface area contributed by atoms with Gasteiger partial charge in [0.2, 0.25) is 5.91 Å². The fraction of sp³-hybridized carbons (Fsp3) is 0.278. The number of hydrogen-bond donors (Lipinski definition) is 2. The zero-order valence-corrected chi connectivity index (χ0v) is 15.0. The topological polar surface area (TPSA) is 59.6 Å². The van der Waals surface area contributed by atoms with Crippen molar-refractivity contribution in [3.8, 4) is 11.5 Å². The highest BCUT2D eigenvalue weighted by atomic mass is 79.9. The number of fused-ring (bicyclic) bond motifs is 1. The Hall–Kier alpha value is -2.21. The molecule has 1 amide bonds. The van der Waals surface area contributed by atoms with E-state index in [1.54, 1.807) is 6.07 Å². The molecule has 0 aliphatic carbocycles. The van der Waals surface area contributed by atoms with Gasteiger partial charge in [-0.3, -0.25) is 4.79 Å². The number of benzene rings is 2. The van der Waals surface area contributed by atoms with Gasteiger partial charge < -0.3 is 20.1 Å². The summed E-state index contributed by atoms with van der Waals surface area (Å²) in [5, 5.41) is 6.16. The second-order valence-corrected chi connectivity index (χ2v) is 6.46. The van der Waals surface area contributed by atoms with E-state index in [-0.39, 0.29) is 5.91 Å². The van der Waals surface area contributed by atoms with Crippen molar-refractivity contribution < 1.29 is 14.3 Å². The van der Waals surface area contributed by atoms with Crippen LogP contribution in [0.15, 0.2) is 40.9 Å². The first-order valence-electron chi connectivity index (χ1n) is 7.81. The van der Waals surface area contributed by atoms with Crippen molar-refractivity contribution in [2.75, 3.05) is 30.4 Å². The van der Waals surface area contributed by atoms with Crippen molar-refractivity contribution in [2.24, 2.45) is 0 Å². The van der Waals surface area contributed by atoms with E-state index in [4.69, 9.17) is 9.47 Å². The number of anilines is 2. The quantitative estimate of drug-likeness (QED) is 0.810. The first-order valence-corrected chi connectivity index (χ1v) is 8.60. The number of aryl methyl sites for hydroxylation is 1. The van der Waals surface area contributed by atoms with Crippen LogP contribution in [0.1, 0.15) is 12.0 Å². The van der Waals surface area contributed by atoms with E-state index in [0.29, 0.717) is 43.4 Å². The van der Waals surface area contributed by atoms with Gasteiger partial charge in [-0.2, -0.15) is 0 Å². The lowest BCUT2D eigenvalue weighted by Crippen LogP contribution is -2.18. The first-order chi connectivity index (χ1) is 11.6. The minimum absolute atomic E-state index is 0.0473. The van der Waals surface area contributed by atoms with Gasteiger partial charge in [0.25, 0.3) is 0 Å². The SMILES string of the molecule is Cc1cc(Br)ccc1NCCC(=O)Nc1ccc2c(c1)OCCO2. The van der Waals surface area contributed by atoms with E-state index in [1.165, 1.54) is 0 Å². The Morgan fingerprint density at radius 3 is 2.71 bits per heavy atom. The second kappa shape index (κ2) is 7.57. The molecule has 0 unspecified atom stereocenters. The Labute approximate surface area is 149 Å². The predicted octanol–water partition coefficient (Wildman–Crippen LogP) is 3.97. The average molecular weight is 391 g/mol. The van der Waals surface area contributed by atoms with Crippen LogP contribution in [-0.4, -0.2) is 25.7 Å². The smallest absolute Gasteiger partial charge is 0.226 e. The summed E-state index contributed by atoms with van der Waals surface area (Å²) in [5.74, 6) is 1.34. The molecular weight excluding hydrogens is 372 g/mol. The van der Waals surface area contributed by atoms with Crippen molar-refractivity contribution in [2.45, 2.75) is 13.3 Å². The number of ether oxygens (including phenoxy) is 2. The summed E-state index contributed by atoms with van der Waals surface area (Å²) in [5.41, 5.74) is 2.88. The van der Waals surface area contributed by atoms with E-state index in [1.807, 2.05) is 37.3 Å². The van der Waals surface area contributed by atoms with Gasteiger partial charge in [0.1, 0.15) is 13.2 Å². The predicted molar refractivity (Wildman–Crippen MR) is 98.0 cm³/mol. The fourth-order valence-corrected chi connectivity index (χ4v) is 2.96. The Morgan fingerprint density at radius 1 is 1.12 bits per heavy atom. The lowest BCUT2D eigenvalue weighted by Gasteiger charge is -2.19. The molecule has 2 aromatic carbocycles. The lowest BCUT2D eigenvalue weighted by atomic mass is 10.2. The molecule has 0 bridgehead atoms.